The Morgan fingerprint density at radius 1 is 1.22 bits per heavy atom. The van der Waals surface area contributed by atoms with Crippen molar-refractivity contribution < 1.29 is 14.7 Å². The fourth-order valence-electron chi connectivity index (χ4n) is 2.17. The molecular weight excluding hydrogens is 230 g/mol. The van der Waals surface area contributed by atoms with Crippen molar-refractivity contribution in [3.63, 3.8) is 0 Å². The van der Waals surface area contributed by atoms with Crippen LogP contribution in [-0.2, 0) is 22.4 Å². The highest BCUT2D eigenvalue weighted by Crippen LogP contribution is 2.24. The minimum atomic E-state index is -1.11. The molecule has 2 rings (SSSR count). The molecule has 0 fully saturated rings. The average Bonchev–Trinajstić information content (AvgIpc) is 2.37. The molecule has 0 spiro atoms. The van der Waals surface area contributed by atoms with E-state index in [2.05, 4.69) is 5.32 Å². The van der Waals surface area contributed by atoms with Crippen molar-refractivity contribution in [2.45, 2.75) is 32.6 Å². The first-order chi connectivity index (χ1) is 8.58. The number of benzene rings is 1. The Morgan fingerprint density at radius 2 is 1.89 bits per heavy atom. The predicted molar refractivity (Wildman–Crippen MR) is 68.5 cm³/mol. The van der Waals surface area contributed by atoms with E-state index in [-0.39, 0.29) is 0 Å². The number of aryl methyl sites for hydroxylation is 2. The molecule has 96 valence electrons. The third-order valence-electron chi connectivity index (χ3n) is 3.38. The summed E-state index contributed by atoms with van der Waals surface area (Å²) in [6.07, 6.45) is 4.52. The number of carbonyl (C=O) groups is 2. The molecule has 0 aliphatic heterocycles. The number of rotatable bonds is 3. The molecule has 18 heavy (non-hydrogen) atoms. The van der Waals surface area contributed by atoms with Gasteiger partial charge in [0.2, 0.25) is 5.91 Å². The molecule has 1 amide bonds. The van der Waals surface area contributed by atoms with Gasteiger partial charge >= 0.3 is 5.97 Å². The number of nitrogens with one attached hydrogen (secondary N) is 1. The van der Waals surface area contributed by atoms with Gasteiger partial charge in [0.15, 0.2) is 0 Å². The van der Waals surface area contributed by atoms with Crippen LogP contribution in [0, 0.1) is 5.92 Å². The summed E-state index contributed by atoms with van der Waals surface area (Å²) in [7, 11) is 0. The van der Waals surface area contributed by atoms with E-state index in [9.17, 15) is 9.59 Å². The number of anilines is 1. The molecule has 0 radical (unpaired) electrons. The van der Waals surface area contributed by atoms with Crippen molar-refractivity contribution in [1.82, 2.24) is 0 Å². The fraction of sp³-hybridized carbons (Fsp3) is 0.429. The minimum Gasteiger partial charge on any atom is -0.481 e. The monoisotopic (exact) mass is 247 g/mol. The van der Waals surface area contributed by atoms with Gasteiger partial charge < -0.3 is 10.4 Å². The predicted octanol–water partition coefficient (Wildman–Crippen LogP) is 2.22. The second-order valence-corrected chi connectivity index (χ2v) is 4.74. The van der Waals surface area contributed by atoms with Crippen LogP contribution in [0.25, 0.3) is 0 Å². The van der Waals surface area contributed by atoms with Gasteiger partial charge in [-0.1, -0.05) is 6.07 Å². The van der Waals surface area contributed by atoms with Gasteiger partial charge in [0.25, 0.3) is 0 Å². The molecule has 4 nitrogen and oxygen atoms in total. The largest absolute Gasteiger partial charge is 0.481 e. The summed E-state index contributed by atoms with van der Waals surface area (Å²) >= 11 is 0. The Kier molecular flexibility index (Phi) is 3.65. The van der Waals surface area contributed by atoms with Crippen LogP contribution in [0.1, 0.15) is 30.9 Å². The van der Waals surface area contributed by atoms with E-state index >= 15 is 0 Å². The second-order valence-electron chi connectivity index (χ2n) is 4.74. The summed E-state index contributed by atoms with van der Waals surface area (Å²) < 4.78 is 0. The van der Waals surface area contributed by atoms with Crippen LogP contribution < -0.4 is 5.32 Å². The van der Waals surface area contributed by atoms with Crippen LogP contribution in [0.15, 0.2) is 18.2 Å². The number of carboxylic acids is 1. The van der Waals surface area contributed by atoms with Crippen molar-refractivity contribution in [3.8, 4) is 0 Å². The lowest BCUT2D eigenvalue weighted by atomic mass is 9.91. The Balaban J connectivity index is 2.10. The zero-order valence-corrected chi connectivity index (χ0v) is 10.4. The molecule has 1 aliphatic carbocycles. The molecule has 0 saturated carbocycles. The maximum Gasteiger partial charge on any atom is 0.315 e. The molecule has 0 bridgehead atoms. The quantitative estimate of drug-likeness (QED) is 0.805. The third-order valence-corrected chi connectivity index (χ3v) is 3.38. The molecule has 0 heterocycles. The van der Waals surface area contributed by atoms with Gasteiger partial charge in [0, 0.05) is 5.69 Å². The van der Waals surface area contributed by atoms with Crippen LogP contribution in [0.3, 0.4) is 0 Å². The van der Waals surface area contributed by atoms with Crippen molar-refractivity contribution >= 4 is 17.6 Å². The smallest absolute Gasteiger partial charge is 0.315 e. The zero-order valence-electron chi connectivity index (χ0n) is 10.4. The topological polar surface area (TPSA) is 66.4 Å². The van der Waals surface area contributed by atoms with E-state index < -0.39 is 17.8 Å². The van der Waals surface area contributed by atoms with Gasteiger partial charge in [-0.15, -0.1) is 0 Å². The molecule has 1 atom stereocenters. The van der Waals surface area contributed by atoms with E-state index in [1.54, 1.807) is 0 Å². The van der Waals surface area contributed by atoms with Gasteiger partial charge in [-0.3, -0.25) is 9.59 Å². The molecule has 0 saturated heterocycles. The summed E-state index contributed by atoms with van der Waals surface area (Å²) in [5, 5.41) is 11.4. The van der Waals surface area contributed by atoms with Gasteiger partial charge in [-0.25, -0.2) is 0 Å². The van der Waals surface area contributed by atoms with Crippen LogP contribution >= 0.6 is 0 Å². The first kappa shape index (κ1) is 12.6. The van der Waals surface area contributed by atoms with E-state index in [0.29, 0.717) is 5.69 Å². The van der Waals surface area contributed by atoms with Crippen LogP contribution in [0.5, 0.6) is 0 Å². The summed E-state index contributed by atoms with van der Waals surface area (Å²) in [5.41, 5.74) is 3.29. The highest BCUT2D eigenvalue weighted by atomic mass is 16.4. The molecule has 1 aliphatic rings. The third kappa shape index (κ3) is 2.70. The summed E-state index contributed by atoms with van der Waals surface area (Å²) in [4.78, 5) is 22.3. The van der Waals surface area contributed by atoms with Crippen LogP contribution in [0.4, 0.5) is 5.69 Å². The molecule has 0 aromatic heterocycles. The van der Waals surface area contributed by atoms with Crippen molar-refractivity contribution in [1.29, 1.82) is 0 Å². The number of fused-ring (bicyclic) bond motifs is 1. The molecule has 1 aromatic rings. The van der Waals surface area contributed by atoms with Crippen molar-refractivity contribution in [3.05, 3.63) is 29.3 Å². The normalized spacial score (nSPS) is 15.6. The fourth-order valence-corrected chi connectivity index (χ4v) is 2.17. The van der Waals surface area contributed by atoms with Gasteiger partial charge in [-0.2, -0.15) is 0 Å². The lowest BCUT2D eigenvalue weighted by Gasteiger charge is -2.17. The number of hydrogen-bond donors (Lipinski definition) is 2. The summed E-state index contributed by atoms with van der Waals surface area (Å²) in [5.74, 6) is -2.61. The van der Waals surface area contributed by atoms with E-state index in [0.717, 1.165) is 12.8 Å². The molecule has 1 unspecified atom stereocenters. The lowest BCUT2D eigenvalue weighted by molar-refractivity contribution is -0.144. The molecule has 1 aromatic carbocycles. The van der Waals surface area contributed by atoms with Crippen LogP contribution in [0.2, 0.25) is 0 Å². The summed E-state index contributed by atoms with van der Waals surface area (Å²) in [6.45, 7) is 1.38. The van der Waals surface area contributed by atoms with E-state index in [1.165, 1.54) is 30.9 Å². The minimum absolute atomic E-state index is 0.474. The molecular formula is C14H17NO3. The summed E-state index contributed by atoms with van der Waals surface area (Å²) in [6, 6.07) is 5.83. The maximum absolute atomic E-state index is 11.6. The number of hydrogen-bond acceptors (Lipinski definition) is 2. The maximum atomic E-state index is 11.6. The van der Waals surface area contributed by atoms with Crippen LogP contribution in [-0.4, -0.2) is 17.0 Å². The van der Waals surface area contributed by atoms with Crippen molar-refractivity contribution in [2.75, 3.05) is 5.32 Å². The molecule has 2 N–H and O–H groups in total. The number of carboxylic acid groups (broad SMARTS) is 1. The van der Waals surface area contributed by atoms with Gasteiger partial charge in [0.05, 0.1) is 0 Å². The first-order valence-electron chi connectivity index (χ1n) is 6.23. The standard InChI is InChI=1S/C14H17NO3/c1-9(14(17)18)13(16)15-12-7-6-10-4-2-3-5-11(10)8-12/h6-9H,2-5H2,1H3,(H,15,16)(H,17,18). The zero-order chi connectivity index (χ0) is 13.1. The van der Waals surface area contributed by atoms with Gasteiger partial charge in [-0.05, 0) is 55.9 Å². The Hall–Kier alpha value is -1.84. The van der Waals surface area contributed by atoms with Gasteiger partial charge in [0.1, 0.15) is 5.92 Å². The average molecular weight is 247 g/mol. The Labute approximate surface area is 106 Å². The Morgan fingerprint density at radius 3 is 2.56 bits per heavy atom. The van der Waals surface area contributed by atoms with E-state index in [4.69, 9.17) is 5.11 Å². The van der Waals surface area contributed by atoms with Crippen molar-refractivity contribution in [2.24, 2.45) is 5.92 Å². The Bertz CT molecular complexity index is 482. The molecule has 4 heteroatoms. The van der Waals surface area contributed by atoms with E-state index in [1.807, 2.05) is 18.2 Å². The highest BCUT2D eigenvalue weighted by molar-refractivity contribution is 6.03. The number of carbonyl (C=O) groups excluding carboxylic acids is 1. The highest BCUT2D eigenvalue weighted by Gasteiger charge is 2.20. The number of aliphatic carboxylic acids is 1. The second kappa shape index (κ2) is 5.21. The SMILES string of the molecule is CC(C(=O)O)C(=O)Nc1ccc2c(c1)CCCC2. The first-order valence-corrected chi connectivity index (χ1v) is 6.23. The lowest BCUT2D eigenvalue weighted by Crippen LogP contribution is -2.27. The number of amides is 1.